The zero-order valence-corrected chi connectivity index (χ0v) is 11.3. The lowest BCUT2D eigenvalue weighted by Crippen LogP contribution is -2.40. The molecule has 0 aliphatic carbocycles. The van der Waals surface area contributed by atoms with Gasteiger partial charge in [-0.05, 0) is 24.8 Å². The van der Waals surface area contributed by atoms with Gasteiger partial charge >= 0.3 is 6.09 Å². The summed E-state index contributed by atoms with van der Waals surface area (Å²) in [5, 5.41) is 8.73. The number of carbonyl (C=O) groups excluding carboxylic acids is 2. The minimum atomic E-state index is -0.556. The minimum absolute atomic E-state index is 0.0607. The predicted octanol–water partition coefficient (Wildman–Crippen LogP) is 1.74. The van der Waals surface area contributed by atoms with Crippen molar-refractivity contribution in [2.75, 3.05) is 13.2 Å². The number of imide groups is 1. The van der Waals surface area contributed by atoms with Gasteiger partial charge in [0.05, 0.1) is 6.04 Å². The third-order valence-corrected chi connectivity index (χ3v) is 3.34. The molecule has 0 spiro atoms. The maximum absolute atomic E-state index is 12.1. The Morgan fingerprint density at radius 3 is 2.75 bits per heavy atom. The zero-order chi connectivity index (χ0) is 14.4. The van der Waals surface area contributed by atoms with Gasteiger partial charge in [-0.2, -0.15) is 0 Å². The number of amides is 2. The molecule has 1 atom stereocenters. The van der Waals surface area contributed by atoms with Crippen LogP contribution in [0, 0.1) is 0 Å². The van der Waals surface area contributed by atoms with Crippen molar-refractivity contribution in [1.82, 2.24) is 4.90 Å². The molecule has 5 heteroatoms. The summed E-state index contributed by atoms with van der Waals surface area (Å²) >= 11 is 0. The quantitative estimate of drug-likeness (QED) is 0.804. The number of ether oxygens (including phenoxy) is 1. The standard InChI is InChI=1S/C15H19NO4/c17-9-5-4-8-14(18)16-13(11-20-15(16)19)10-12-6-2-1-3-7-12/h1-3,6-7,13,17H,4-5,8-11H2. The summed E-state index contributed by atoms with van der Waals surface area (Å²) in [5.41, 5.74) is 1.07. The second-order valence-corrected chi connectivity index (χ2v) is 4.86. The fourth-order valence-electron chi connectivity index (χ4n) is 2.31. The first-order chi connectivity index (χ1) is 9.72. The van der Waals surface area contributed by atoms with E-state index in [0.29, 0.717) is 19.3 Å². The van der Waals surface area contributed by atoms with E-state index in [2.05, 4.69) is 0 Å². The number of nitrogens with zero attached hydrogens (tertiary/aromatic N) is 1. The second-order valence-electron chi connectivity index (χ2n) is 4.86. The molecule has 108 valence electrons. The molecule has 0 radical (unpaired) electrons. The highest BCUT2D eigenvalue weighted by atomic mass is 16.6. The summed E-state index contributed by atoms with van der Waals surface area (Å²) < 4.78 is 4.99. The summed E-state index contributed by atoms with van der Waals surface area (Å²) in [6.45, 7) is 0.310. The minimum Gasteiger partial charge on any atom is -0.447 e. The van der Waals surface area contributed by atoms with E-state index >= 15 is 0 Å². The number of hydrogen-bond acceptors (Lipinski definition) is 4. The van der Waals surface area contributed by atoms with Crippen molar-refractivity contribution in [2.24, 2.45) is 0 Å². The van der Waals surface area contributed by atoms with Crippen LogP contribution in [-0.2, 0) is 16.0 Å². The van der Waals surface area contributed by atoms with Crippen LogP contribution in [0.1, 0.15) is 24.8 Å². The summed E-state index contributed by atoms with van der Waals surface area (Å²) in [7, 11) is 0. The number of hydrogen-bond donors (Lipinski definition) is 1. The largest absolute Gasteiger partial charge is 0.447 e. The number of benzene rings is 1. The molecule has 0 saturated carbocycles. The third-order valence-electron chi connectivity index (χ3n) is 3.34. The van der Waals surface area contributed by atoms with Crippen LogP contribution in [-0.4, -0.2) is 41.3 Å². The Hall–Kier alpha value is -1.88. The first-order valence-electron chi connectivity index (χ1n) is 6.86. The Balaban J connectivity index is 1.97. The third kappa shape index (κ3) is 3.57. The van der Waals surface area contributed by atoms with E-state index in [1.165, 1.54) is 4.90 Å². The number of carbonyl (C=O) groups is 2. The summed E-state index contributed by atoms with van der Waals surface area (Å²) in [6, 6.07) is 9.50. The molecule has 1 fully saturated rings. The molecule has 0 bridgehead atoms. The molecule has 1 aliphatic rings. The molecule has 20 heavy (non-hydrogen) atoms. The molecule has 1 N–H and O–H groups in total. The van der Waals surface area contributed by atoms with Crippen molar-refractivity contribution in [1.29, 1.82) is 0 Å². The van der Waals surface area contributed by atoms with Gasteiger partial charge in [0.15, 0.2) is 0 Å². The van der Waals surface area contributed by atoms with Gasteiger partial charge in [-0.15, -0.1) is 0 Å². The average molecular weight is 277 g/mol. The molecule has 1 unspecified atom stereocenters. The number of rotatable bonds is 6. The van der Waals surface area contributed by atoms with Gasteiger partial charge in [-0.1, -0.05) is 30.3 Å². The molecule has 1 aromatic carbocycles. The number of cyclic esters (lactones) is 1. The van der Waals surface area contributed by atoms with Crippen LogP contribution in [0.3, 0.4) is 0 Å². The maximum Gasteiger partial charge on any atom is 0.416 e. The van der Waals surface area contributed by atoms with Crippen molar-refractivity contribution in [3.8, 4) is 0 Å². The highest BCUT2D eigenvalue weighted by Gasteiger charge is 2.37. The average Bonchev–Trinajstić information content (AvgIpc) is 2.81. The van der Waals surface area contributed by atoms with Gasteiger partial charge in [0, 0.05) is 13.0 Å². The van der Waals surface area contributed by atoms with Crippen LogP contribution in [0.5, 0.6) is 0 Å². The maximum atomic E-state index is 12.1. The van der Waals surface area contributed by atoms with Gasteiger partial charge in [0.2, 0.25) is 5.91 Å². The Morgan fingerprint density at radius 1 is 1.30 bits per heavy atom. The van der Waals surface area contributed by atoms with Crippen molar-refractivity contribution in [3.05, 3.63) is 35.9 Å². The Morgan fingerprint density at radius 2 is 2.05 bits per heavy atom. The van der Waals surface area contributed by atoms with Crippen LogP contribution in [0.4, 0.5) is 4.79 Å². The van der Waals surface area contributed by atoms with Crippen LogP contribution >= 0.6 is 0 Å². The molecular weight excluding hydrogens is 258 g/mol. The fraction of sp³-hybridized carbons (Fsp3) is 0.467. The van der Waals surface area contributed by atoms with Crippen molar-refractivity contribution >= 4 is 12.0 Å². The molecule has 1 aromatic rings. The van der Waals surface area contributed by atoms with Crippen LogP contribution in [0.25, 0.3) is 0 Å². The highest BCUT2D eigenvalue weighted by molar-refractivity contribution is 5.93. The van der Waals surface area contributed by atoms with Gasteiger partial charge in [-0.3, -0.25) is 4.79 Å². The van der Waals surface area contributed by atoms with Crippen LogP contribution in [0.2, 0.25) is 0 Å². The van der Waals surface area contributed by atoms with Crippen LogP contribution < -0.4 is 0 Å². The highest BCUT2D eigenvalue weighted by Crippen LogP contribution is 2.19. The zero-order valence-electron chi connectivity index (χ0n) is 11.3. The van der Waals surface area contributed by atoms with Crippen molar-refractivity contribution in [2.45, 2.75) is 31.7 Å². The molecule has 5 nitrogen and oxygen atoms in total. The SMILES string of the molecule is O=C(CCCCO)N1C(=O)OCC1Cc1ccccc1. The lowest BCUT2D eigenvalue weighted by Gasteiger charge is -2.19. The van der Waals surface area contributed by atoms with E-state index in [-0.39, 0.29) is 31.6 Å². The van der Waals surface area contributed by atoms with E-state index < -0.39 is 6.09 Å². The monoisotopic (exact) mass is 277 g/mol. The van der Waals surface area contributed by atoms with Gasteiger partial charge < -0.3 is 9.84 Å². The second kappa shape index (κ2) is 7.05. The number of aliphatic hydroxyl groups is 1. The first-order valence-corrected chi connectivity index (χ1v) is 6.86. The summed E-state index contributed by atoms with van der Waals surface area (Å²) in [4.78, 5) is 25.0. The number of aliphatic hydroxyl groups excluding tert-OH is 1. The first kappa shape index (κ1) is 14.5. The summed E-state index contributed by atoms with van der Waals surface area (Å²) in [5.74, 6) is -0.220. The molecule has 2 amide bonds. The smallest absolute Gasteiger partial charge is 0.416 e. The van der Waals surface area contributed by atoms with E-state index in [9.17, 15) is 9.59 Å². The molecule has 1 saturated heterocycles. The van der Waals surface area contributed by atoms with Crippen molar-refractivity contribution < 1.29 is 19.4 Å². The van der Waals surface area contributed by atoms with Crippen LogP contribution in [0.15, 0.2) is 30.3 Å². The lowest BCUT2D eigenvalue weighted by molar-refractivity contribution is -0.129. The topological polar surface area (TPSA) is 66.8 Å². The van der Waals surface area contributed by atoms with Gasteiger partial charge in [0.1, 0.15) is 6.61 Å². The Kier molecular flexibility index (Phi) is 5.12. The molecule has 0 aromatic heterocycles. The Bertz CT molecular complexity index is 460. The predicted molar refractivity (Wildman–Crippen MR) is 73.1 cm³/mol. The lowest BCUT2D eigenvalue weighted by atomic mass is 10.1. The van der Waals surface area contributed by atoms with Crippen molar-refractivity contribution in [3.63, 3.8) is 0 Å². The van der Waals surface area contributed by atoms with E-state index in [1.807, 2.05) is 30.3 Å². The molecule has 1 aliphatic heterocycles. The van der Waals surface area contributed by atoms with Gasteiger partial charge in [0.25, 0.3) is 0 Å². The molecule has 1 heterocycles. The fourth-order valence-corrected chi connectivity index (χ4v) is 2.31. The van der Waals surface area contributed by atoms with E-state index in [0.717, 1.165) is 5.56 Å². The van der Waals surface area contributed by atoms with E-state index in [4.69, 9.17) is 9.84 Å². The van der Waals surface area contributed by atoms with E-state index in [1.54, 1.807) is 0 Å². The molecule has 2 rings (SSSR count). The molecular formula is C15H19NO4. The summed E-state index contributed by atoms with van der Waals surface area (Å²) in [6.07, 6.45) is 1.47. The van der Waals surface area contributed by atoms with Gasteiger partial charge in [-0.25, -0.2) is 9.69 Å². The Labute approximate surface area is 118 Å². The normalized spacial score (nSPS) is 18.1. The number of unbranched alkanes of at least 4 members (excludes halogenated alkanes) is 1.